The molecule has 1 aliphatic rings. The van der Waals surface area contributed by atoms with Crippen LogP contribution < -0.4 is 5.32 Å². The van der Waals surface area contributed by atoms with Gasteiger partial charge in [-0.25, -0.2) is 12.8 Å². The summed E-state index contributed by atoms with van der Waals surface area (Å²) in [7, 11) is -3.89. The minimum absolute atomic E-state index is 0.0346. The Kier molecular flexibility index (Phi) is 5.65. The molecule has 1 saturated heterocycles. The van der Waals surface area contributed by atoms with Crippen LogP contribution in [-0.2, 0) is 21.4 Å². The fraction of sp³-hybridized carbons (Fsp3) is 0.238. The number of hydrogen-bond donors (Lipinski definition) is 1. The van der Waals surface area contributed by atoms with Crippen molar-refractivity contribution >= 4 is 15.9 Å². The maximum absolute atomic E-state index is 13.1. The van der Waals surface area contributed by atoms with Crippen LogP contribution in [0.15, 0.2) is 70.1 Å². The van der Waals surface area contributed by atoms with Crippen molar-refractivity contribution in [2.45, 2.75) is 30.3 Å². The van der Waals surface area contributed by atoms with Crippen molar-refractivity contribution in [3.05, 3.63) is 72.2 Å². The van der Waals surface area contributed by atoms with E-state index in [1.165, 1.54) is 16.4 Å². The lowest BCUT2D eigenvalue weighted by Gasteiger charge is -2.23. The number of nitrogens with zero attached hydrogens (tertiary/aromatic N) is 2. The van der Waals surface area contributed by atoms with Crippen LogP contribution in [0.2, 0.25) is 0 Å². The molecule has 30 heavy (non-hydrogen) atoms. The average Bonchev–Trinajstić information content (AvgIpc) is 3.43. The quantitative estimate of drug-likeness (QED) is 0.650. The minimum Gasteiger partial charge on any atom is -0.356 e. The molecule has 1 fully saturated rings. The van der Waals surface area contributed by atoms with Crippen LogP contribution in [0.3, 0.4) is 0 Å². The van der Waals surface area contributed by atoms with Crippen molar-refractivity contribution in [1.29, 1.82) is 0 Å². The highest BCUT2D eigenvalue weighted by molar-refractivity contribution is 7.89. The second kappa shape index (κ2) is 8.37. The van der Waals surface area contributed by atoms with E-state index in [1.807, 2.05) is 30.3 Å². The molecule has 1 N–H and O–H groups in total. The molecule has 1 unspecified atom stereocenters. The fourth-order valence-electron chi connectivity index (χ4n) is 3.46. The van der Waals surface area contributed by atoms with Gasteiger partial charge >= 0.3 is 0 Å². The zero-order valence-electron chi connectivity index (χ0n) is 16.0. The Morgan fingerprint density at radius 3 is 2.63 bits per heavy atom. The summed E-state index contributed by atoms with van der Waals surface area (Å²) in [6.07, 6.45) is 0.987. The lowest BCUT2D eigenvalue weighted by molar-refractivity contribution is -0.124. The van der Waals surface area contributed by atoms with Crippen LogP contribution in [-0.4, -0.2) is 36.4 Å². The summed E-state index contributed by atoms with van der Waals surface area (Å²) in [5, 5.41) is 6.70. The van der Waals surface area contributed by atoms with Crippen molar-refractivity contribution in [3.63, 3.8) is 0 Å². The second-order valence-corrected chi connectivity index (χ2v) is 8.88. The Morgan fingerprint density at radius 2 is 1.90 bits per heavy atom. The van der Waals surface area contributed by atoms with E-state index in [4.69, 9.17) is 4.52 Å². The van der Waals surface area contributed by atoms with Crippen LogP contribution in [0.4, 0.5) is 4.39 Å². The molecule has 0 spiro atoms. The molecule has 4 rings (SSSR count). The van der Waals surface area contributed by atoms with Gasteiger partial charge in [0, 0.05) is 18.2 Å². The number of halogens is 1. The Morgan fingerprint density at radius 1 is 1.17 bits per heavy atom. The highest BCUT2D eigenvalue weighted by atomic mass is 32.2. The number of carbonyl (C=O) groups excluding carboxylic acids is 1. The average molecular weight is 429 g/mol. The minimum atomic E-state index is -3.89. The van der Waals surface area contributed by atoms with Gasteiger partial charge in [-0.15, -0.1) is 0 Å². The first-order chi connectivity index (χ1) is 14.4. The Bertz CT molecular complexity index is 1130. The molecule has 156 valence electrons. The molecule has 9 heteroatoms. The van der Waals surface area contributed by atoms with Gasteiger partial charge in [0.2, 0.25) is 15.9 Å². The summed E-state index contributed by atoms with van der Waals surface area (Å²) < 4.78 is 45.4. The van der Waals surface area contributed by atoms with Gasteiger partial charge in [0.1, 0.15) is 17.6 Å². The van der Waals surface area contributed by atoms with Crippen LogP contribution in [0.25, 0.3) is 11.3 Å². The summed E-state index contributed by atoms with van der Waals surface area (Å²) >= 11 is 0. The fourth-order valence-corrected chi connectivity index (χ4v) is 5.12. The summed E-state index contributed by atoms with van der Waals surface area (Å²) in [6.45, 7) is 0.357. The van der Waals surface area contributed by atoms with Crippen molar-refractivity contribution in [2.75, 3.05) is 6.54 Å². The molecule has 0 aliphatic carbocycles. The van der Waals surface area contributed by atoms with Crippen LogP contribution >= 0.6 is 0 Å². The maximum atomic E-state index is 13.1. The molecular weight excluding hydrogens is 409 g/mol. The Hall–Kier alpha value is -3.04. The monoisotopic (exact) mass is 429 g/mol. The molecular formula is C21H20FN3O4S. The number of carbonyl (C=O) groups is 1. The summed E-state index contributed by atoms with van der Waals surface area (Å²) in [5.41, 5.74) is 1.41. The van der Waals surface area contributed by atoms with Crippen LogP contribution in [0, 0.1) is 5.82 Å². The van der Waals surface area contributed by atoms with Gasteiger partial charge in [-0.3, -0.25) is 4.79 Å². The molecule has 2 aromatic carbocycles. The van der Waals surface area contributed by atoms with E-state index < -0.39 is 27.8 Å². The van der Waals surface area contributed by atoms with E-state index in [0.717, 1.165) is 17.7 Å². The van der Waals surface area contributed by atoms with E-state index in [1.54, 1.807) is 6.07 Å². The number of rotatable bonds is 6. The molecule has 1 atom stereocenters. The first-order valence-corrected chi connectivity index (χ1v) is 11.0. The van der Waals surface area contributed by atoms with Crippen molar-refractivity contribution < 1.29 is 22.1 Å². The summed E-state index contributed by atoms with van der Waals surface area (Å²) in [6, 6.07) is 15.0. The zero-order chi connectivity index (χ0) is 21.1. The van der Waals surface area contributed by atoms with E-state index in [2.05, 4.69) is 10.5 Å². The topological polar surface area (TPSA) is 92.5 Å². The third-order valence-corrected chi connectivity index (χ3v) is 6.91. The van der Waals surface area contributed by atoms with E-state index in [-0.39, 0.29) is 18.0 Å². The summed E-state index contributed by atoms with van der Waals surface area (Å²) in [4.78, 5) is 12.7. The van der Waals surface area contributed by atoms with Crippen molar-refractivity contribution in [3.8, 4) is 11.3 Å². The Labute approximate surface area is 173 Å². The molecule has 0 bridgehead atoms. The van der Waals surface area contributed by atoms with Gasteiger partial charge < -0.3 is 9.84 Å². The molecule has 2 heterocycles. The maximum Gasteiger partial charge on any atom is 0.243 e. The number of nitrogens with one attached hydrogen (secondary N) is 1. The first-order valence-electron chi connectivity index (χ1n) is 9.51. The number of hydrogen-bond acceptors (Lipinski definition) is 5. The lowest BCUT2D eigenvalue weighted by atomic mass is 10.1. The smallest absolute Gasteiger partial charge is 0.243 e. The van der Waals surface area contributed by atoms with E-state index >= 15 is 0 Å². The third-order valence-electron chi connectivity index (χ3n) is 4.99. The summed E-state index contributed by atoms with van der Waals surface area (Å²) in [5.74, 6) is -0.337. The van der Waals surface area contributed by atoms with Crippen LogP contribution in [0.1, 0.15) is 18.5 Å². The largest absolute Gasteiger partial charge is 0.356 e. The van der Waals surface area contributed by atoms with Crippen molar-refractivity contribution in [2.24, 2.45) is 0 Å². The number of benzene rings is 2. The van der Waals surface area contributed by atoms with Crippen LogP contribution in [0.5, 0.6) is 0 Å². The van der Waals surface area contributed by atoms with E-state index in [0.29, 0.717) is 24.3 Å². The van der Waals surface area contributed by atoms with Crippen molar-refractivity contribution in [1.82, 2.24) is 14.8 Å². The molecule has 0 radical (unpaired) electrons. The molecule has 1 amide bonds. The second-order valence-electron chi connectivity index (χ2n) is 6.99. The number of sulfonamides is 1. The lowest BCUT2D eigenvalue weighted by Crippen LogP contribution is -2.45. The molecule has 3 aromatic rings. The highest BCUT2D eigenvalue weighted by Gasteiger charge is 2.39. The predicted molar refractivity (Wildman–Crippen MR) is 107 cm³/mol. The molecule has 0 saturated carbocycles. The van der Waals surface area contributed by atoms with Gasteiger partial charge in [-0.2, -0.15) is 4.31 Å². The third kappa shape index (κ3) is 4.12. The highest BCUT2D eigenvalue weighted by Crippen LogP contribution is 2.26. The van der Waals surface area contributed by atoms with Gasteiger partial charge in [0.15, 0.2) is 5.76 Å². The zero-order valence-corrected chi connectivity index (χ0v) is 16.8. The normalized spacial score (nSPS) is 17.2. The molecule has 1 aromatic heterocycles. The van der Waals surface area contributed by atoms with Gasteiger partial charge in [0.25, 0.3) is 0 Å². The SMILES string of the molecule is O=C(NCc1cc(-c2ccccc2)on1)C1CCCN1S(=O)(=O)c1ccc(F)cc1. The van der Waals surface area contributed by atoms with Gasteiger partial charge in [0.05, 0.1) is 11.4 Å². The number of aromatic nitrogens is 1. The van der Waals surface area contributed by atoms with E-state index in [9.17, 15) is 17.6 Å². The predicted octanol–water partition coefficient (Wildman–Crippen LogP) is 2.95. The Balaban J connectivity index is 1.43. The van der Waals surface area contributed by atoms with Gasteiger partial charge in [-0.05, 0) is 37.1 Å². The van der Waals surface area contributed by atoms with Gasteiger partial charge in [-0.1, -0.05) is 35.5 Å². The first kappa shape index (κ1) is 20.2. The molecule has 1 aliphatic heterocycles. The molecule has 7 nitrogen and oxygen atoms in total. The standard InChI is InChI=1S/C21H20FN3O4S/c22-16-8-10-18(11-9-16)30(27,28)25-12-4-7-19(25)21(26)23-14-17-13-20(29-24-17)15-5-2-1-3-6-15/h1-3,5-6,8-11,13,19H,4,7,12,14H2,(H,23,26). The number of amides is 1.